The van der Waals surface area contributed by atoms with Gasteiger partial charge in [-0.3, -0.25) is 4.31 Å². The molecule has 0 bridgehead atoms. The number of rotatable bonds is 1. The zero-order valence-corrected chi connectivity index (χ0v) is 10.5. The minimum Gasteiger partial charge on any atom is -0.253 e. The molecule has 2 heterocycles. The van der Waals surface area contributed by atoms with Gasteiger partial charge in [-0.1, -0.05) is 0 Å². The number of hydrogen-bond acceptors (Lipinski definition) is 3. The van der Waals surface area contributed by atoms with E-state index < -0.39 is 10.0 Å². The highest BCUT2D eigenvalue weighted by Gasteiger charge is 2.28. The van der Waals surface area contributed by atoms with Crippen LogP contribution in [0.15, 0.2) is 22.8 Å². The summed E-state index contributed by atoms with van der Waals surface area (Å²) in [5, 5.41) is 0. The van der Waals surface area contributed by atoms with Crippen LogP contribution in [-0.4, -0.2) is 25.7 Å². The van der Waals surface area contributed by atoms with E-state index in [2.05, 4.69) is 20.9 Å². The van der Waals surface area contributed by atoms with Crippen molar-refractivity contribution < 1.29 is 8.42 Å². The molecule has 82 valence electrons. The smallest absolute Gasteiger partial charge is 0.236 e. The van der Waals surface area contributed by atoms with Crippen molar-refractivity contribution in [2.24, 2.45) is 0 Å². The Morgan fingerprint density at radius 2 is 2.20 bits per heavy atom. The molecule has 0 amide bonds. The molecular formula is C9H11BrN2O2S. The third-order valence-corrected chi connectivity index (χ3v) is 4.78. The Morgan fingerprint density at radius 3 is 2.87 bits per heavy atom. The maximum atomic E-state index is 11.8. The summed E-state index contributed by atoms with van der Waals surface area (Å²) in [4.78, 5) is 4.10. The van der Waals surface area contributed by atoms with Crippen molar-refractivity contribution >= 4 is 31.8 Å². The number of pyridine rings is 1. The molecule has 4 nitrogen and oxygen atoms in total. The van der Waals surface area contributed by atoms with Gasteiger partial charge in [-0.15, -0.1) is 0 Å². The zero-order chi connectivity index (χ0) is 10.9. The highest BCUT2D eigenvalue weighted by atomic mass is 79.9. The third-order valence-electron chi connectivity index (χ3n) is 2.32. The molecule has 0 aromatic carbocycles. The summed E-state index contributed by atoms with van der Waals surface area (Å²) in [6.07, 6.45) is 3.23. The molecule has 0 saturated carbocycles. The second-order valence-corrected chi connectivity index (χ2v) is 6.27. The highest BCUT2D eigenvalue weighted by Crippen LogP contribution is 2.28. The van der Waals surface area contributed by atoms with Crippen molar-refractivity contribution in [1.29, 1.82) is 0 Å². The lowest BCUT2D eigenvalue weighted by Crippen LogP contribution is -2.38. The number of anilines is 1. The third kappa shape index (κ3) is 2.15. The van der Waals surface area contributed by atoms with E-state index >= 15 is 0 Å². The average molecular weight is 291 g/mol. The van der Waals surface area contributed by atoms with E-state index in [1.807, 2.05) is 0 Å². The van der Waals surface area contributed by atoms with Crippen molar-refractivity contribution in [1.82, 2.24) is 4.98 Å². The van der Waals surface area contributed by atoms with E-state index in [-0.39, 0.29) is 5.75 Å². The van der Waals surface area contributed by atoms with Crippen LogP contribution in [0.5, 0.6) is 0 Å². The minimum atomic E-state index is -3.16. The Kier molecular flexibility index (Phi) is 2.97. The van der Waals surface area contributed by atoms with Crippen molar-refractivity contribution in [3.05, 3.63) is 22.8 Å². The van der Waals surface area contributed by atoms with Crippen LogP contribution in [0.2, 0.25) is 0 Å². The van der Waals surface area contributed by atoms with Crippen LogP contribution in [0.4, 0.5) is 5.82 Å². The average Bonchev–Trinajstić information content (AvgIpc) is 2.19. The summed E-state index contributed by atoms with van der Waals surface area (Å²) < 4.78 is 25.7. The summed E-state index contributed by atoms with van der Waals surface area (Å²) in [5.41, 5.74) is 0. The Balaban J connectivity index is 2.42. The lowest BCUT2D eigenvalue weighted by atomic mass is 10.3. The fourth-order valence-corrected chi connectivity index (χ4v) is 3.78. The molecule has 1 saturated heterocycles. The highest BCUT2D eigenvalue weighted by molar-refractivity contribution is 9.10. The maximum Gasteiger partial charge on any atom is 0.236 e. The standard InChI is InChI=1S/C9H11BrN2O2S/c10-8-4-3-5-11-9(8)12-6-1-2-7-15(12,13)14/h3-5H,1-2,6-7H2. The van der Waals surface area contributed by atoms with E-state index in [1.54, 1.807) is 18.3 Å². The normalized spacial score (nSPS) is 20.2. The van der Waals surface area contributed by atoms with Crippen LogP contribution in [0.1, 0.15) is 12.8 Å². The quantitative estimate of drug-likeness (QED) is 0.792. The molecule has 0 radical (unpaired) electrons. The van der Waals surface area contributed by atoms with E-state index in [4.69, 9.17) is 0 Å². The van der Waals surface area contributed by atoms with Crippen molar-refractivity contribution in [3.8, 4) is 0 Å². The molecular weight excluding hydrogens is 280 g/mol. The van der Waals surface area contributed by atoms with Crippen molar-refractivity contribution in [2.75, 3.05) is 16.6 Å². The van der Waals surface area contributed by atoms with Gasteiger partial charge in [0.25, 0.3) is 0 Å². The molecule has 0 atom stereocenters. The first kappa shape index (κ1) is 10.9. The molecule has 0 aliphatic carbocycles. The summed E-state index contributed by atoms with van der Waals surface area (Å²) in [7, 11) is -3.16. The summed E-state index contributed by atoms with van der Waals surface area (Å²) >= 11 is 3.31. The number of nitrogens with zero attached hydrogens (tertiary/aromatic N) is 2. The number of hydrogen-bond donors (Lipinski definition) is 0. The fourth-order valence-electron chi connectivity index (χ4n) is 1.59. The predicted molar refractivity (Wildman–Crippen MR) is 62.3 cm³/mol. The first-order valence-corrected chi connectivity index (χ1v) is 7.12. The summed E-state index contributed by atoms with van der Waals surface area (Å²) in [5.74, 6) is 0.716. The second kappa shape index (κ2) is 4.09. The predicted octanol–water partition coefficient (Wildman–Crippen LogP) is 1.77. The van der Waals surface area contributed by atoms with Gasteiger partial charge >= 0.3 is 0 Å². The molecule has 0 unspecified atom stereocenters. The van der Waals surface area contributed by atoms with Crippen LogP contribution >= 0.6 is 15.9 Å². The SMILES string of the molecule is O=S1(=O)CCCCN1c1ncccc1Br. The molecule has 15 heavy (non-hydrogen) atoms. The Labute approximate surface area is 97.5 Å². The molecule has 2 rings (SSSR count). The monoisotopic (exact) mass is 290 g/mol. The van der Waals surface area contributed by atoms with E-state index in [1.165, 1.54) is 4.31 Å². The molecule has 1 aromatic rings. The molecule has 1 aliphatic heterocycles. The first-order valence-electron chi connectivity index (χ1n) is 4.72. The molecule has 0 spiro atoms. The molecule has 1 aliphatic rings. The van der Waals surface area contributed by atoms with Crippen LogP contribution in [0.3, 0.4) is 0 Å². The Morgan fingerprint density at radius 1 is 1.40 bits per heavy atom. The number of sulfonamides is 1. The topological polar surface area (TPSA) is 50.3 Å². The van der Waals surface area contributed by atoms with Crippen LogP contribution in [0.25, 0.3) is 0 Å². The Bertz CT molecular complexity index is 461. The maximum absolute atomic E-state index is 11.8. The van der Waals surface area contributed by atoms with E-state index in [9.17, 15) is 8.42 Å². The van der Waals surface area contributed by atoms with Gasteiger partial charge in [0.15, 0.2) is 5.82 Å². The number of aromatic nitrogens is 1. The van der Waals surface area contributed by atoms with Gasteiger partial charge in [-0.2, -0.15) is 0 Å². The van der Waals surface area contributed by atoms with E-state index in [0.717, 1.165) is 17.3 Å². The van der Waals surface area contributed by atoms with Gasteiger partial charge in [0.05, 0.1) is 10.2 Å². The van der Waals surface area contributed by atoms with Gasteiger partial charge in [0, 0.05) is 12.7 Å². The van der Waals surface area contributed by atoms with Gasteiger partial charge in [-0.25, -0.2) is 13.4 Å². The largest absolute Gasteiger partial charge is 0.253 e. The summed E-state index contributed by atoms with van der Waals surface area (Å²) in [6.45, 7) is 0.526. The first-order chi connectivity index (χ1) is 7.11. The van der Waals surface area contributed by atoms with Gasteiger partial charge in [-0.05, 0) is 40.9 Å². The van der Waals surface area contributed by atoms with Crippen molar-refractivity contribution in [2.45, 2.75) is 12.8 Å². The number of halogens is 1. The lowest BCUT2D eigenvalue weighted by molar-refractivity contribution is 0.573. The minimum absolute atomic E-state index is 0.218. The van der Waals surface area contributed by atoms with Gasteiger partial charge in [0.2, 0.25) is 10.0 Å². The van der Waals surface area contributed by atoms with Gasteiger partial charge < -0.3 is 0 Å². The van der Waals surface area contributed by atoms with E-state index in [0.29, 0.717) is 12.4 Å². The Hall–Kier alpha value is -0.620. The van der Waals surface area contributed by atoms with Gasteiger partial charge in [0.1, 0.15) is 0 Å². The zero-order valence-electron chi connectivity index (χ0n) is 8.06. The molecule has 1 aromatic heterocycles. The van der Waals surface area contributed by atoms with Crippen LogP contribution in [0, 0.1) is 0 Å². The second-order valence-electron chi connectivity index (χ2n) is 3.40. The van der Waals surface area contributed by atoms with Crippen molar-refractivity contribution in [3.63, 3.8) is 0 Å². The molecule has 0 N–H and O–H groups in total. The molecule has 6 heteroatoms. The summed E-state index contributed by atoms with van der Waals surface area (Å²) in [6, 6.07) is 3.57. The van der Waals surface area contributed by atoms with Crippen LogP contribution in [-0.2, 0) is 10.0 Å². The molecule has 1 fully saturated rings. The fraction of sp³-hybridized carbons (Fsp3) is 0.444. The lowest BCUT2D eigenvalue weighted by Gasteiger charge is -2.27. The van der Waals surface area contributed by atoms with Crippen LogP contribution < -0.4 is 4.31 Å².